The fourth-order valence-electron chi connectivity index (χ4n) is 2.46. The molecule has 0 fully saturated rings. The second-order valence-corrected chi connectivity index (χ2v) is 5.76. The largest absolute Gasteiger partial charge is 0.492 e. The maximum absolute atomic E-state index is 12.3. The van der Waals surface area contributed by atoms with Crippen molar-refractivity contribution < 1.29 is 23.0 Å². The van der Waals surface area contributed by atoms with Gasteiger partial charge in [0, 0.05) is 17.8 Å². The molecule has 0 aliphatic carbocycles. The van der Waals surface area contributed by atoms with Crippen LogP contribution in [0.2, 0.25) is 0 Å². The average molecular weight is 378 g/mol. The Morgan fingerprint density at radius 1 is 1.00 bits per heavy atom. The summed E-state index contributed by atoms with van der Waals surface area (Å²) in [5.41, 5.74) is 0.958. The standard InChI is InChI=1S/C20H24F2N2O3/c1-3-24(4-2)13-14-26-17-9-5-15(6-10-17)19(25)23-16-7-11-18(12-8-16)27-20(21)22/h5-12,20H,3-4,13-14H2,1-2H3,(H,23,25). The van der Waals surface area contributed by atoms with Crippen molar-refractivity contribution in [2.75, 3.05) is 31.6 Å². The van der Waals surface area contributed by atoms with Crippen molar-refractivity contribution in [2.24, 2.45) is 0 Å². The highest BCUT2D eigenvalue weighted by Crippen LogP contribution is 2.19. The Morgan fingerprint density at radius 2 is 1.59 bits per heavy atom. The Hall–Kier alpha value is -2.67. The zero-order chi connectivity index (χ0) is 19.6. The molecular weight excluding hydrogens is 354 g/mol. The molecule has 0 spiro atoms. The number of alkyl halides is 2. The molecule has 5 nitrogen and oxygen atoms in total. The van der Waals surface area contributed by atoms with Crippen molar-refractivity contribution >= 4 is 11.6 Å². The van der Waals surface area contributed by atoms with E-state index in [-0.39, 0.29) is 11.7 Å². The number of benzene rings is 2. The van der Waals surface area contributed by atoms with E-state index in [4.69, 9.17) is 4.74 Å². The summed E-state index contributed by atoms with van der Waals surface area (Å²) in [6, 6.07) is 12.6. The van der Waals surface area contributed by atoms with E-state index in [0.717, 1.165) is 19.6 Å². The predicted molar refractivity (Wildman–Crippen MR) is 101 cm³/mol. The van der Waals surface area contributed by atoms with Gasteiger partial charge in [0.2, 0.25) is 0 Å². The molecule has 0 atom stereocenters. The van der Waals surface area contributed by atoms with Crippen LogP contribution in [-0.2, 0) is 0 Å². The van der Waals surface area contributed by atoms with Gasteiger partial charge in [0.05, 0.1) is 0 Å². The van der Waals surface area contributed by atoms with Crippen LogP contribution < -0.4 is 14.8 Å². The Balaban J connectivity index is 1.86. The molecule has 0 heterocycles. The Morgan fingerprint density at radius 3 is 2.15 bits per heavy atom. The van der Waals surface area contributed by atoms with Gasteiger partial charge in [0.25, 0.3) is 5.91 Å². The predicted octanol–water partition coefficient (Wildman–Crippen LogP) is 4.26. The number of carbonyl (C=O) groups is 1. The highest BCUT2D eigenvalue weighted by atomic mass is 19.3. The number of amides is 1. The van der Waals surface area contributed by atoms with Crippen LogP contribution in [-0.4, -0.2) is 43.7 Å². The summed E-state index contributed by atoms with van der Waals surface area (Å²) in [6.07, 6.45) is 0. The molecule has 7 heteroatoms. The van der Waals surface area contributed by atoms with E-state index >= 15 is 0 Å². The fraction of sp³-hybridized carbons (Fsp3) is 0.350. The van der Waals surface area contributed by atoms with Crippen molar-refractivity contribution in [3.8, 4) is 11.5 Å². The number of hydrogen-bond donors (Lipinski definition) is 1. The maximum Gasteiger partial charge on any atom is 0.387 e. The van der Waals surface area contributed by atoms with Crippen LogP contribution in [0.25, 0.3) is 0 Å². The lowest BCUT2D eigenvalue weighted by molar-refractivity contribution is -0.0498. The lowest BCUT2D eigenvalue weighted by Gasteiger charge is -2.18. The van der Waals surface area contributed by atoms with Crippen LogP contribution in [0, 0.1) is 0 Å². The van der Waals surface area contributed by atoms with Gasteiger partial charge in [0.1, 0.15) is 18.1 Å². The van der Waals surface area contributed by atoms with Crippen LogP contribution in [0.3, 0.4) is 0 Å². The lowest BCUT2D eigenvalue weighted by Crippen LogP contribution is -2.27. The Kier molecular flexibility index (Phi) is 8.00. The first-order valence-electron chi connectivity index (χ1n) is 8.83. The molecule has 0 aliphatic heterocycles. The van der Waals surface area contributed by atoms with Crippen LogP contribution in [0.1, 0.15) is 24.2 Å². The molecule has 1 amide bonds. The Bertz CT molecular complexity index is 702. The van der Waals surface area contributed by atoms with E-state index in [1.165, 1.54) is 24.3 Å². The van der Waals surface area contributed by atoms with E-state index in [2.05, 4.69) is 28.8 Å². The zero-order valence-corrected chi connectivity index (χ0v) is 15.5. The third kappa shape index (κ3) is 6.86. The first kappa shape index (κ1) is 20.6. The molecular formula is C20H24F2N2O3. The molecule has 0 unspecified atom stereocenters. The van der Waals surface area contributed by atoms with Gasteiger partial charge in [-0.05, 0) is 61.6 Å². The third-order valence-corrected chi connectivity index (χ3v) is 4.02. The maximum atomic E-state index is 12.3. The summed E-state index contributed by atoms with van der Waals surface area (Å²) >= 11 is 0. The summed E-state index contributed by atoms with van der Waals surface area (Å²) < 4.78 is 34.2. The molecule has 27 heavy (non-hydrogen) atoms. The number of halogens is 2. The molecule has 2 aromatic carbocycles. The highest BCUT2D eigenvalue weighted by molar-refractivity contribution is 6.04. The van der Waals surface area contributed by atoms with E-state index in [1.807, 2.05) is 0 Å². The van der Waals surface area contributed by atoms with Gasteiger partial charge in [-0.2, -0.15) is 8.78 Å². The first-order chi connectivity index (χ1) is 13.0. The molecule has 0 radical (unpaired) electrons. The van der Waals surface area contributed by atoms with E-state index in [0.29, 0.717) is 23.6 Å². The summed E-state index contributed by atoms with van der Waals surface area (Å²) in [5, 5.41) is 2.70. The van der Waals surface area contributed by atoms with Gasteiger partial charge in [-0.1, -0.05) is 13.8 Å². The van der Waals surface area contributed by atoms with Crippen molar-refractivity contribution in [3.05, 3.63) is 54.1 Å². The normalized spacial score (nSPS) is 10.9. The van der Waals surface area contributed by atoms with Crippen molar-refractivity contribution in [3.63, 3.8) is 0 Å². The third-order valence-electron chi connectivity index (χ3n) is 4.02. The summed E-state index contributed by atoms with van der Waals surface area (Å²) in [5.74, 6) is 0.439. The van der Waals surface area contributed by atoms with Gasteiger partial charge < -0.3 is 19.7 Å². The van der Waals surface area contributed by atoms with E-state index in [9.17, 15) is 13.6 Å². The molecule has 0 aliphatic rings. The number of hydrogen-bond acceptors (Lipinski definition) is 4. The van der Waals surface area contributed by atoms with Gasteiger partial charge in [-0.15, -0.1) is 0 Å². The van der Waals surface area contributed by atoms with Crippen LogP contribution >= 0.6 is 0 Å². The van der Waals surface area contributed by atoms with Crippen molar-refractivity contribution in [1.82, 2.24) is 4.90 Å². The SMILES string of the molecule is CCN(CC)CCOc1ccc(C(=O)Nc2ccc(OC(F)F)cc2)cc1. The minimum absolute atomic E-state index is 0.0363. The molecule has 1 N–H and O–H groups in total. The number of nitrogens with zero attached hydrogens (tertiary/aromatic N) is 1. The van der Waals surface area contributed by atoms with E-state index in [1.54, 1.807) is 24.3 Å². The van der Waals surface area contributed by atoms with Gasteiger partial charge in [-0.3, -0.25) is 4.79 Å². The number of ether oxygens (including phenoxy) is 2. The number of nitrogens with one attached hydrogen (secondary N) is 1. The zero-order valence-electron chi connectivity index (χ0n) is 15.5. The molecule has 0 aromatic heterocycles. The smallest absolute Gasteiger partial charge is 0.387 e. The lowest BCUT2D eigenvalue weighted by atomic mass is 10.2. The molecule has 146 valence electrons. The number of anilines is 1. The number of carbonyl (C=O) groups excluding carboxylic acids is 1. The minimum atomic E-state index is -2.88. The van der Waals surface area contributed by atoms with Gasteiger partial charge >= 0.3 is 6.61 Å². The topological polar surface area (TPSA) is 50.8 Å². The van der Waals surface area contributed by atoms with Crippen molar-refractivity contribution in [1.29, 1.82) is 0 Å². The Labute approximate surface area is 157 Å². The van der Waals surface area contributed by atoms with Crippen molar-refractivity contribution in [2.45, 2.75) is 20.5 Å². The minimum Gasteiger partial charge on any atom is -0.492 e. The van der Waals surface area contributed by atoms with Crippen LogP contribution in [0.15, 0.2) is 48.5 Å². The number of rotatable bonds is 10. The van der Waals surface area contributed by atoms with Crippen LogP contribution in [0.5, 0.6) is 11.5 Å². The second kappa shape index (κ2) is 10.5. The highest BCUT2D eigenvalue weighted by Gasteiger charge is 2.08. The summed E-state index contributed by atoms with van der Waals surface area (Å²) in [6.45, 7) is 4.73. The molecule has 0 bridgehead atoms. The molecule has 2 aromatic rings. The van der Waals surface area contributed by atoms with Gasteiger partial charge in [-0.25, -0.2) is 0 Å². The molecule has 2 rings (SSSR count). The molecule has 0 saturated heterocycles. The van der Waals surface area contributed by atoms with Gasteiger partial charge in [0.15, 0.2) is 0 Å². The summed E-state index contributed by atoms with van der Waals surface area (Å²) in [7, 11) is 0. The first-order valence-corrected chi connectivity index (χ1v) is 8.83. The summed E-state index contributed by atoms with van der Waals surface area (Å²) in [4.78, 5) is 14.5. The van der Waals surface area contributed by atoms with E-state index < -0.39 is 6.61 Å². The monoisotopic (exact) mass is 378 g/mol. The fourth-order valence-corrected chi connectivity index (χ4v) is 2.46. The van der Waals surface area contributed by atoms with Crippen LogP contribution in [0.4, 0.5) is 14.5 Å². The quantitative estimate of drug-likeness (QED) is 0.671. The average Bonchev–Trinajstić information content (AvgIpc) is 2.67. The second-order valence-electron chi connectivity index (χ2n) is 5.76. The number of likely N-dealkylation sites (N-methyl/N-ethyl adjacent to an activating group) is 1. The molecule has 0 saturated carbocycles.